The van der Waals surface area contributed by atoms with Crippen LogP contribution in [0.2, 0.25) is 0 Å². The van der Waals surface area contributed by atoms with E-state index in [4.69, 9.17) is 4.42 Å². The first-order valence-corrected chi connectivity index (χ1v) is 25.7. The Morgan fingerprint density at radius 1 is 0.304 bits per heavy atom. The molecule has 0 bridgehead atoms. The van der Waals surface area contributed by atoms with Crippen molar-refractivity contribution in [2.45, 2.75) is 0 Å². The summed E-state index contributed by atoms with van der Waals surface area (Å²) < 4.78 is 6.61. The fourth-order valence-corrected chi connectivity index (χ4v) is 16.1. The normalized spacial score (nSPS) is 11.8. The molecule has 0 saturated heterocycles. The van der Waals surface area contributed by atoms with Crippen LogP contribution in [0, 0.1) is 0 Å². The number of nitrogens with zero attached hydrogens (tertiary/aromatic N) is 1. The monoisotopic (exact) mass is 895 g/mol. The number of benzene rings is 12. The molecular weight excluding hydrogens is 851 g/mol. The van der Waals surface area contributed by atoms with E-state index in [9.17, 15) is 0 Å². The van der Waals surface area contributed by atoms with Crippen LogP contribution in [0.1, 0.15) is 0 Å². The topological polar surface area (TPSA) is 16.4 Å². The van der Waals surface area contributed by atoms with Gasteiger partial charge in [0.25, 0.3) is 0 Å². The van der Waals surface area contributed by atoms with Gasteiger partial charge in [0.05, 0.1) is 11.4 Å². The molecule has 0 N–H and O–H groups in total. The average molecular weight is 896 g/mol. The maximum Gasteiger partial charge on any atom is 0.180 e. The minimum Gasteiger partial charge on any atom is -0.455 e. The van der Waals surface area contributed by atoms with Gasteiger partial charge in [-0.1, -0.05) is 237 Å². The van der Waals surface area contributed by atoms with Gasteiger partial charge < -0.3 is 9.32 Å². The summed E-state index contributed by atoms with van der Waals surface area (Å²) in [7, 11) is -2.97. The van der Waals surface area contributed by atoms with E-state index in [0.29, 0.717) is 0 Å². The van der Waals surface area contributed by atoms with Crippen LogP contribution in [0.3, 0.4) is 0 Å². The SMILES string of the molecule is c1ccc(-c2ccccc2N(c2ccc(-c3cccc([Si](c4ccccc4)(c4ccccc4)c4cc5ccccc5c5ccccc45)c3)cc2)c2cccc3c2ccc2c4ccccc4oc32)cc1. The van der Waals surface area contributed by atoms with Gasteiger partial charge in [0.2, 0.25) is 0 Å². The molecule has 0 aliphatic rings. The molecule has 0 saturated carbocycles. The molecule has 0 aliphatic heterocycles. The number of anilines is 3. The third-order valence-corrected chi connectivity index (χ3v) is 19.0. The number of hydrogen-bond donors (Lipinski definition) is 0. The predicted molar refractivity (Wildman–Crippen MR) is 295 cm³/mol. The van der Waals surface area contributed by atoms with Crippen molar-refractivity contribution in [3.05, 3.63) is 273 Å². The molecule has 2 nitrogen and oxygen atoms in total. The van der Waals surface area contributed by atoms with Gasteiger partial charge >= 0.3 is 0 Å². The molecule has 1 aromatic heterocycles. The quantitative estimate of drug-likeness (QED) is 0.0815. The van der Waals surface area contributed by atoms with E-state index in [2.05, 4.69) is 272 Å². The zero-order chi connectivity index (χ0) is 45.7. The summed E-state index contributed by atoms with van der Waals surface area (Å²) in [5.41, 5.74) is 9.70. The molecule has 1 heterocycles. The molecule has 0 amide bonds. The molecule has 69 heavy (non-hydrogen) atoms. The second kappa shape index (κ2) is 16.8. The fraction of sp³-hybridized carbons (Fsp3) is 0. The van der Waals surface area contributed by atoms with Gasteiger partial charge in [-0.3, -0.25) is 0 Å². The van der Waals surface area contributed by atoms with Gasteiger partial charge in [-0.15, -0.1) is 0 Å². The van der Waals surface area contributed by atoms with Crippen LogP contribution < -0.4 is 25.6 Å². The maximum atomic E-state index is 6.61. The first kappa shape index (κ1) is 40.5. The lowest BCUT2D eigenvalue weighted by Gasteiger charge is -2.36. The summed E-state index contributed by atoms with van der Waals surface area (Å²) in [6.45, 7) is 0. The van der Waals surface area contributed by atoms with Gasteiger partial charge in [-0.25, -0.2) is 0 Å². The number of furan rings is 1. The molecule has 0 fully saturated rings. The maximum absolute atomic E-state index is 6.61. The van der Waals surface area contributed by atoms with Gasteiger partial charge in [-0.2, -0.15) is 0 Å². The zero-order valence-corrected chi connectivity index (χ0v) is 38.8. The minimum absolute atomic E-state index is 0.898. The van der Waals surface area contributed by atoms with Crippen molar-refractivity contribution in [3.8, 4) is 22.3 Å². The molecule has 13 aromatic rings. The van der Waals surface area contributed by atoms with Crippen molar-refractivity contribution >= 4 is 100 Å². The van der Waals surface area contributed by atoms with Crippen molar-refractivity contribution < 1.29 is 4.42 Å². The third kappa shape index (κ3) is 6.70. The van der Waals surface area contributed by atoms with Crippen LogP contribution in [0.15, 0.2) is 277 Å². The van der Waals surface area contributed by atoms with Crippen LogP contribution >= 0.6 is 0 Å². The van der Waals surface area contributed by atoms with E-state index in [0.717, 1.165) is 66.5 Å². The smallest absolute Gasteiger partial charge is 0.180 e. The second-order valence-corrected chi connectivity index (χ2v) is 21.7. The highest BCUT2D eigenvalue weighted by Gasteiger charge is 2.43. The Labute approximate surface area is 402 Å². The summed E-state index contributed by atoms with van der Waals surface area (Å²) in [5, 5.41) is 15.0. The molecule has 0 aliphatic carbocycles. The van der Waals surface area contributed by atoms with Crippen molar-refractivity contribution in [1.29, 1.82) is 0 Å². The Morgan fingerprint density at radius 2 is 0.841 bits per heavy atom. The number of hydrogen-bond acceptors (Lipinski definition) is 2. The molecule has 13 rings (SSSR count). The predicted octanol–water partition coefficient (Wildman–Crippen LogP) is 15.2. The molecule has 324 valence electrons. The van der Waals surface area contributed by atoms with E-state index in [1.165, 1.54) is 47.9 Å². The van der Waals surface area contributed by atoms with Crippen molar-refractivity contribution in [2.24, 2.45) is 0 Å². The lowest BCUT2D eigenvalue weighted by Crippen LogP contribution is -2.74. The van der Waals surface area contributed by atoms with Gasteiger partial charge in [0, 0.05) is 32.8 Å². The van der Waals surface area contributed by atoms with E-state index < -0.39 is 8.07 Å². The van der Waals surface area contributed by atoms with E-state index in [-0.39, 0.29) is 0 Å². The first-order chi connectivity index (χ1) is 34.2. The molecule has 0 radical (unpaired) electrons. The van der Waals surface area contributed by atoms with Crippen LogP contribution in [0.25, 0.3) is 76.5 Å². The van der Waals surface area contributed by atoms with Gasteiger partial charge in [0.15, 0.2) is 8.07 Å². The number of para-hydroxylation sites is 2. The number of rotatable bonds is 9. The highest BCUT2D eigenvalue weighted by atomic mass is 28.3. The lowest BCUT2D eigenvalue weighted by atomic mass is 9.99. The van der Waals surface area contributed by atoms with Crippen LogP contribution in [-0.2, 0) is 0 Å². The Kier molecular flexibility index (Phi) is 9.88. The Balaban J connectivity index is 1.00. The summed E-state index contributed by atoms with van der Waals surface area (Å²) in [6.07, 6.45) is 0. The van der Waals surface area contributed by atoms with Crippen LogP contribution in [-0.4, -0.2) is 8.07 Å². The molecule has 3 heteroatoms. The molecule has 12 aromatic carbocycles. The second-order valence-electron chi connectivity index (χ2n) is 17.9. The summed E-state index contributed by atoms with van der Waals surface area (Å²) in [6, 6.07) is 100. The zero-order valence-electron chi connectivity index (χ0n) is 37.8. The summed E-state index contributed by atoms with van der Waals surface area (Å²) >= 11 is 0. The minimum atomic E-state index is -2.97. The standard InChI is InChI=1S/C66H45NOSi/c1-4-20-47(21-5-1)55-30-14-16-35-62(55)67(63-36-19-34-60-57(63)42-43-61-58-32-15-17-37-64(58)68-66(60)61)50-40-38-46(39-41-50)48-23-18-28-53(44-48)69(51-24-6-2-7-25-51,52-26-8-3-9-27-52)65-45-49-22-10-11-29-54(49)56-31-12-13-33-59(56)65/h1-45H. The lowest BCUT2D eigenvalue weighted by molar-refractivity contribution is 0.672. The van der Waals surface area contributed by atoms with Crippen molar-refractivity contribution in [2.75, 3.05) is 4.90 Å². The summed E-state index contributed by atoms with van der Waals surface area (Å²) in [4.78, 5) is 2.42. The first-order valence-electron chi connectivity index (χ1n) is 23.7. The van der Waals surface area contributed by atoms with Crippen LogP contribution in [0.4, 0.5) is 17.1 Å². The van der Waals surface area contributed by atoms with E-state index >= 15 is 0 Å². The van der Waals surface area contributed by atoms with Crippen molar-refractivity contribution in [3.63, 3.8) is 0 Å². The molecule has 0 spiro atoms. The fourth-order valence-electron chi connectivity index (χ4n) is 11.1. The van der Waals surface area contributed by atoms with Gasteiger partial charge in [0.1, 0.15) is 11.2 Å². The highest BCUT2D eigenvalue weighted by Crippen LogP contribution is 2.45. The molecule has 0 atom stereocenters. The van der Waals surface area contributed by atoms with E-state index in [1.807, 2.05) is 6.07 Å². The Bertz CT molecular complexity index is 3970. The largest absolute Gasteiger partial charge is 0.455 e. The third-order valence-electron chi connectivity index (χ3n) is 14.2. The Morgan fingerprint density at radius 3 is 1.61 bits per heavy atom. The summed E-state index contributed by atoms with van der Waals surface area (Å²) in [5.74, 6) is 0. The average Bonchev–Trinajstić information content (AvgIpc) is 3.82. The molecular formula is C66H45NOSi. The Hall–Kier alpha value is -8.76. The molecule has 0 unspecified atom stereocenters. The number of fused-ring (bicyclic) bond motifs is 8. The highest BCUT2D eigenvalue weighted by molar-refractivity contribution is 7.20. The van der Waals surface area contributed by atoms with Gasteiger partial charge in [-0.05, 0) is 95.4 Å². The van der Waals surface area contributed by atoms with E-state index in [1.54, 1.807) is 0 Å². The van der Waals surface area contributed by atoms with Crippen LogP contribution in [0.5, 0.6) is 0 Å². The van der Waals surface area contributed by atoms with Crippen molar-refractivity contribution in [1.82, 2.24) is 0 Å².